The summed E-state index contributed by atoms with van der Waals surface area (Å²) in [5.41, 5.74) is 1.61. The number of hydrogen-bond donors (Lipinski definition) is 2. The molecule has 1 saturated carbocycles. The fourth-order valence-corrected chi connectivity index (χ4v) is 5.74. The summed E-state index contributed by atoms with van der Waals surface area (Å²) < 4.78 is 74.4. The van der Waals surface area contributed by atoms with E-state index in [-0.39, 0.29) is 67.4 Å². The smallest absolute Gasteiger partial charge is 0.408 e. The first kappa shape index (κ1) is 30.0. The lowest BCUT2D eigenvalue weighted by Crippen LogP contribution is -2.47. The third kappa shape index (κ3) is 7.11. The molecule has 3 aromatic rings. The van der Waals surface area contributed by atoms with Gasteiger partial charge in [0.25, 0.3) is 0 Å². The SMILES string of the molecule is O=C(N[C@H](c1cn2nc(CC3C[C@H](C(F)(F)F)CNC3=O)c(Cl)cc2n1)C1CCC(F)(F)CC1)OCc1ccccc1. The third-order valence-corrected chi connectivity index (χ3v) is 8.22. The number of amides is 2. The molecule has 2 aromatic heterocycles. The maximum absolute atomic E-state index is 13.9. The minimum absolute atomic E-state index is 0.0117. The zero-order chi connectivity index (χ0) is 30.1. The number of carbonyl (C=O) groups is 2. The lowest BCUT2D eigenvalue weighted by molar-refractivity contribution is -0.183. The number of carbonyl (C=O) groups excluding carboxylic acids is 2. The van der Waals surface area contributed by atoms with Gasteiger partial charge in [-0.2, -0.15) is 18.3 Å². The molecule has 2 aliphatic rings. The number of nitrogens with zero attached hydrogens (tertiary/aromatic N) is 3. The highest BCUT2D eigenvalue weighted by atomic mass is 35.5. The quantitative estimate of drug-likeness (QED) is 0.317. The average Bonchev–Trinajstić information content (AvgIpc) is 3.34. The Bertz CT molecular complexity index is 1420. The van der Waals surface area contributed by atoms with Crippen molar-refractivity contribution in [2.24, 2.45) is 17.8 Å². The molecule has 0 spiro atoms. The average molecular weight is 614 g/mol. The predicted octanol–water partition coefficient (Wildman–Crippen LogP) is 6.03. The Labute approximate surface area is 243 Å². The molecule has 1 aromatic carbocycles. The predicted molar refractivity (Wildman–Crippen MR) is 142 cm³/mol. The molecule has 0 bridgehead atoms. The number of piperidine rings is 1. The highest BCUT2D eigenvalue weighted by Crippen LogP contribution is 2.41. The fourth-order valence-electron chi connectivity index (χ4n) is 5.53. The van der Waals surface area contributed by atoms with E-state index in [1.54, 1.807) is 24.3 Å². The molecule has 2 N–H and O–H groups in total. The first-order valence-corrected chi connectivity index (χ1v) is 14.0. The van der Waals surface area contributed by atoms with Crippen LogP contribution in [0.3, 0.4) is 0 Å². The van der Waals surface area contributed by atoms with Gasteiger partial charge >= 0.3 is 12.3 Å². The summed E-state index contributed by atoms with van der Waals surface area (Å²) in [6.07, 6.45) is -4.56. The van der Waals surface area contributed by atoms with Crippen LogP contribution in [0.1, 0.15) is 55.1 Å². The molecule has 1 unspecified atom stereocenters. The second-order valence-electron chi connectivity index (χ2n) is 10.9. The molecular formula is C28H29ClF5N5O3. The number of benzene rings is 1. The van der Waals surface area contributed by atoms with Crippen LogP contribution >= 0.6 is 11.6 Å². The number of alkyl halides is 5. The molecule has 3 atom stereocenters. The molecule has 42 heavy (non-hydrogen) atoms. The number of imidazole rings is 1. The third-order valence-electron chi connectivity index (χ3n) is 7.90. The molecular weight excluding hydrogens is 585 g/mol. The van der Waals surface area contributed by atoms with Crippen LogP contribution in [0.25, 0.3) is 5.65 Å². The summed E-state index contributed by atoms with van der Waals surface area (Å²) in [5.74, 6) is -6.30. The van der Waals surface area contributed by atoms with Crippen LogP contribution in [-0.2, 0) is 22.6 Å². The highest BCUT2D eigenvalue weighted by molar-refractivity contribution is 6.31. The van der Waals surface area contributed by atoms with E-state index in [1.807, 2.05) is 6.07 Å². The van der Waals surface area contributed by atoms with Crippen molar-refractivity contribution in [2.75, 3.05) is 6.54 Å². The number of halogens is 6. The van der Waals surface area contributed by atoms with Crippen molar-refractivity contribution in [1.29, 1.82) is 0 Å². The van der Waals surface area contributed by atoms with Crippen molar-refractivity contribution >= 4 is 29.2 Å². The van der Waals surface area contributed by atoms with Gasteiger partial charge in [0.2, 0.25) is 11.8 Å². The number of rotatable bonds is 7. The summed E-state index contributed by atoms with van der Waals surface area (Å²) in [7, 11) is 0. The monoisotopic (exact) mass is 613 g/mol. The van der Waals surface area contributed by atoms with Gasteiger partial charge in [-0.05, 0) is 30.7 Å². The number of fused-ring (bicyclic) bond motifs is 1. The maximum atomic E-state index is 13.9. The molecule has 5 rings (SSSR count). The van der Waals surface area contributed by atoms with Gasteiger partial charge < -0.3 is 15.4 Å². The largest absolute Gasteiger partial charge is 0.445 e. The molecule has 0 radical (unpaired) electrons. The van der Waals surface area contributed by atoms with Gasteiger partial charge in [-0.1, -0.05) is 41.9 Å². The second-order valence-corrected chi connectivity index (χ2v) is 11.3. The fraction of sp³-hybridized carbons (Fsp3) is 0.500. The van der Waals surface area contributed by atoms with Crippen molar-refractivity contribution < 1.29 is 36.3 Å². The van der Waals surface area contributed by atoms with Gasteiger partial charge in [-0.3, -0.25) is 4.79 Å². The number of alkyl carbamates (subject to hydrolysis) is 1. The van der Waals surface area contributed by atoms with Crippen molar-refractivity contribution in [3.63, 3.8) is 0 Å². The second kappa shape index (κ2) is 12.0. The highest BCUT2D eigenvalue weighted by Gasteiger charge is 2.45. The molecule has 14 heteroatoms. The van der Waals surface area contributed by atoms with Crippen LogP contribution in [0.2, 0.25) is 5.02 Å². The van der Waals surface area contributed by atoms with E-state index >= 15 is 0 Å². The topological polar surface area (TPSA) is 97.6 Å². The van der Waals surface area contributed by atoms with Gasteiger partial charge in [-0.25, -0.2) is 23.1 Å². The van der Waals surface area contributed by atoms with E-state index in [9.17, 15) is 31.5 Å². The number of aromatic nitrogens is 3. The van der Waals surface area contributed by atoms with Crippen molar-refractivity contribution in [3.8, 4) is 0 Å². The van der Waals surface area contributed by atoms with Crippen LogP contribution in [0, 0.1) is 17.8 Å². The maximum Gasteiger partial charge on any atom is 0.408 e. The summed E-state index contributed by atoms with van der Waals surface area (Å²) in [5, 5.41) is 9.62. The minimum atomic E-state index is -4.44. The van der Waals surface area contributed by atoms with Crippen LogP contribution in [0.15, 0.2) is 42.6 Å². The zero-order valence-electron chi connectivity index (χ0n) is 22.3. The first-order chi connectivity index (χ1) is 19.9. The standard InChI is InChI=1S/C28H29ClF5N5O3/c29-20-12-23-36-22(14-39(23)38-21(20)11-18-10-19(28(32,33)34)13-35-25(18)40)24(17-6-8-27(30,31)9-7-17)37-26(41)42-15-16-4-2-1-3-5-16/h1-5,12,14,17-19,24H,6-11,13,15H2,(H,35,40)(H,37,41)/t18?,19-,24-/m0/s1. The molecule has 8 nitrogen and oxygen atoms in total. The lowest BCUT2D eigenvalue weighted by atomic mass is 9.81. The van der Waals surface area contributed by atoms with Gasteiger partial charge in [0, 0.05) is 37.8 Å². The zero-order valence-corrected chi connectivity index (χ0v) is 23.1. The van der Waals surface area contributed by atoms with Crippen molar-refractivity contribution in [2.45, 2.75) is 63.3 Å². The van der Waals surface area contributed by atoms with Crippen LogP contribution < -0.4 is 10.6 Å². The number of hydrogen-bond acceptors (Lipinski definition) is 5. The van der Waals surface area contributed by atoms with Gasteiger partial charge in [0.15, 0.2) is 5.65 Å². The van der Waals surface area contributed by atoms with E-state index in [1.165, 1.54) is 16.8 Å². The number of ether oxygens (including phenoxy) is 1. The van der Waals surface area contributed by atoms with E-state index in [4.69, 9.17) is 16.3 Å². The Balaban J connectivity index is 1.36. The Morgan fingerprint density at radius 1 is 1.21 bits per heavy atom. The molecule has 226 valence electrons. The van der Waals surface area contributed by atoms with Crippen molar-refractivity contribution in [3.05, 3.63) is 64.6 Å². The van der Waals surface area contributed by atoms with E-state index in [0.717, 1.165) is 5.56 Å². The van der Waals surface area contributed by atoms with Gasteiger partial charge in [0.05, 0.1) is 34.6 Å². The number of nitrogens with one attached hydrogen (secondary N) is 2. The van der Waals surface area contributed by atoms with Gasteiger partial charge in [-0.15, -0.1) is 0 Å². The van der Waals surface area contributed by atoms with E-state index in [2.05, 4.69) is 20.7 Å². The summed E-state index contributed by atoms with van der Waals surface area (Å²) in [6.45, 7) is -0.461. The van der Waals surface area contributed by atoms with Crippen LogP contribution in [0.4, 0.5) is 26.7 Å². The normalized spacial score (nSPS) is 22.0. The first-order valence-electron chi connectivity index (χ1n) is 13.6. The van der Waals surface area contributed by atoms with Crippen molar-refractivity contribution in [1.82, 2.24) is 25.2 Å². The lowest BCUT2D eigenvalue weighted by Gasteiger charge is -2.33. The minimum Gasteiger partial charge on any atom is -0.445 e. The Morgan fingerprint density at radius 2 is 1.93 bits per heavy atom. The van der Waals surface area contributed by atoms with Gasteiger partial charge in [0.1, 0.15) is 6.61 Å². The summed E-state index contributed by atoms with van der Waals surface area (Å²) >= 11 is 6.41. The van der Waals surface area contributed by atoms with Crippen LogP contribution in [0.5, 0.6) is 0 Å². The molecule has 1 saturated heterocycles. The Hall–Kier alpha value is -3.48. The summed E-state index contributed by atoms with van der Waals surface area (Å²) in [4.78, 5) is 29.6. The van der Waals surface area contributed by atoms with E-state index < -0.39 is 48.5 Å². The van der Waals surface area contributed by atoms with E-state index in [0.29, 0.717) is 5.69 Å². The molecule has 1 aliphatic carbocycles. The molecule has 1 aliphatic heterocycles. The molecule has 3 heterocycles. The molecule has 2 amide bonds. The Morgan fingerprint density at radius 3 is 2.62 bits per heavy atom. The summed E-state index contributed by atoms with van der Waals surface area (Å²) in [6, 6.07) is 9.73. The van der Waals surface area contributed by atoms with Crippen LogP contribution in [-0.4, -0.2) is 45.2 Å². The Kier molecular flexibility index (Phi) is 8.58. The molecule has 2 fully saturated rings.